The van der Waals surface area contributed by atoms with Crippen molar-refractivity contribution in [2.45, 2.75) is 13.0 Å². The van der Waals surface area contributed by atoms with Crippen LogP contribution >= 0.6 is 23.1 Å². The summed E-state index contributed by atoms with van der Waals surface area (Å²) in [5.41, 5.74) is 0. The van der Waals surface area contributed by atoms with Gasteiger partial charge in [-0.05, 0) is 24.3 Å². The van der Waals surface area contributed by atoms with Crippen LogP contribution in [-0.2, 0) is 4.79 Å². The van der Waals surface area contributed by atoms with Gasteiger partial charge < -0.3 is 4.74 Å². The Balaban J connectivity index is 1.97. The normalized spacial score (nSPS) is 11.9. The van der Waals surface area contributed by atoms with Gasteiger partial charge in [-0.25, -0.2) is 0 Å². The minimum atomic E-state index is -0.700. The van der Waals surface area contributed by atoms with Gasteiger partial charge in [-0.1, -0.05) is 33.3 Å². The predicted molar refractivity (Wildman–Crippen MR) is 67.9 cm³/mol. The van der Waals surface area contributed by atoms with E-state index in [-0.39, 0.29) is 5.91 Å². The molecular weight excluding hydrogens is 276 g/mol. The summed E-state index contributed by atoms with van der Waals surface area (Å²) in [4.78, 5) is 11.8. The van der Waals surface area contributed by atoms with Crippen molar-refractivity contribution in [2.75, 3.05) is 5.32 Å². The summed E-state index contributed by atoms with van der Waals surface area (Å²) in [7, 11) is 0. The number of carbonyl (C=O) groups is 1. The topological polar surface area (TPSA) is 77.0 Å². The Morgan fingerprint density at radius 3 is 2.94 bits per heavy atom. The number of ether oxygens (including phenoxy) is 1. The first-order chi connectivity index (χ1) is 8.66. The molecule has 1 aromatic heterocycles. The van der Waals surface area contributed by atoms with E-state index in [0.717, 1.165) is 11.5 Å². The van der Waals surface area contributed by atoms with Gasteiger partial charge in [-0.15, -0.1) is 0 Å². The summed E-state index contributed by atoms with van der Waals surface area (Å²) in [6.07, 6.45) is -0.700. The molecule has 0 aliphatic heterocycles. The van der Waals surface area contributed by atoms with Crippen LogP contribution in [0.25, 0.3) is 0 Å². The first kappa shape index (κ1) is 12.7. The number of rotatable bonds is 4. The van der Waals surface area contributed by atoms with Gasteiger partial charge in [0, 0.05) is 11.5 Å². The fourth-order valence-electron chi connectivity index (χ4n) is 1.17. The first-order valence-corrected chi connectivity index (χ1v) is 6.19. The van der Waals surface area contributed by atoms with E-state index in [0.29, 0.717) is 15.9 Å². The summed E-state index contributed by atoms with van der Waals surface area (Å²) in [5, 5.41) is 10.3. The molecular formula is C10H9ClN4O2S. The molecule has 2 aromatic rings. The Morgan fingerprint density at radius 2 is 2.28 bits per heavy atom. The lowest BCUT2D eigenvalue weighted by Gasteiger charge is -2.14. The van der Waals surface area contributed by atoms with Crippen LogP contribution in [0, 0.1) is 0 Å². The fourth-order valence-corrected chi connectivity index (χ4v) is 1.72. The van der Waals surface area contributed by atoms with Crippen LogP contribution < -0.4 is 10.1 Å². The van der Waals surface area contributed by atoms with Gasteiger partial charge in [0.2, 0.25) is 5.13 Å². The largest absolute Gasteiger partial charge is 0.479 e. The average molecular weight is 285 g/mol. The number of aromatic nitrogens is 3. The van der Waals surface area contributed by atoms with E-state index < -0.39 is 6.10 Å². The highest BCUT2D eigenvalue weighted by Gasteiger charge is 2.17. The van der Waals surface area contributed by atoms with E-state index in [1.165, 1.54) is 0 Å². The maximum Gasteiger partial charge on any atom is 0.267 e. The van der Waals surface area contributed by atoms with Crippen LogP contribution in [0.5, 0.6) is 5.75 Å². The monoisotopic (exact) mass is 284 g/mol. The lowest BCUT2D eigenvalue weighted by Crippen LogP contribution is -2.30. The van der Waals surface area contributed by atoms with Crippen molar-refractivity contribution >= 4 is 34.2 Å². The SMILES string of the molecule is CC(Oc1ccccc1Cl)C(=O)Nc1nnns1. The smallest absolute Gasteiger partial charge is 0.267 e. The molecule has 6 nitrogen and oxygen atoms in total. The Labute approximate surface area is 112 Å². The van der Waals surface area contributed by atoms with Gasteiger partial charge in [-0.3, -0.25) is 10.1 Å². The summed E-state index contributed by atoms with van der Waals surface area (Å²) in [6, 6.07) is 6.95. The molecule has 18 heavy (non-hydrogen) atoms. The molecule has 0 radical (unpaired) electrons. The van der Waals surface area contributed by atoms with Gasteiger partial charge in [-0.2, -0.15) is 0 Å². The molecule has 1 heterocycles. The maximum absolute atomic E-state index is 11.8. The summed E-state index contributed by atoms with van der Waals surface area (Å²) in [5.74, 6) is 0.116. The molecule has 0 saturated carbocycles. The van der Waals surface area contributed by atoms with Crippen LogP contribution in [-0.4, -0.2) is 26.8 Å². The van der Waals surface area contributed by atoms with Crippen molar-refractivity contribution in [3.8, 4) is 5.75 Å². The van der Waals surface area contributed by atoms with Gasteiger partial charge in [0.25, 0.3) is 5.91 Å². The number of nitrogens with zero attached hydrogens (tertiary/aromatic N) is 3. The average Bonchev–Trinajstić information content (AvgIpc) is 2.84. The molecule has 8 heteroatoms. The quantitative estimate of drug-likeness (QED) is 0.929. The third-order valence-corrected chi connectivity index (χ3v) is 2.86. The van der Waals surface area contributed by atoms with E-state index in [1.54, 1.807) is 31.2 Å². The molecule has 0 spiro atoms. The number of carbonyl (C=O) groups excluding carboxylic acids is 1. The Morgan fingerprint density at radius 1 is 1.50 bits per heavy atom. The molecule has 1 unspecified atom stereocenters. The Hall–Kier alpha value is -1.73. The second-order valence-electron chi connectivity index (χ2n) is 3.35. The van der Waals surface area contributed by atoms with Gasteiger partial charge in [0.1, 0.15) is 5.75 Å². The van der Waals surface area contributed by atoms with Crippen LogP contribution in [0.4, 0.5) is 5.13 Å². The van der Waals surface area contributed by atoms with Crippen LogP contribution in [0.15, 0.2) is 24.3 Å². The number of benzene rings is 1. The number of hydrogen-bond donors (Lipinski definition) is 1. The Bertz CT molecular complexity index is 534. The molecule has 94 valence electrons. The predicted octanol–water partition coefficient (Wildman–Crippen LogP) is 1.99. The van der Waals surface area contributed by atoms with E-state index in [1.807, 2.05) is 0 Å². The number of halogens is 1. The highest BCUT2D eigenvalue weighted by molar-refractivity contribution is 7.09. The van der Waals surface area contributed by atoms with Crippen LogP contribution in [0.2, 0.25) is 5.02 Å². The second kappa shape index (κ2) is 5.74. The van der Waals surface area contributed by atoms with Crippen molar-refractivity contribution in [2.24, 2.45) is 0 Å². The summed E-state index contributed by atoms with van der Waals surface area (Å²) in [6.45, 7) is 1.62. The number of para-hydroxylation sites is 1. The molecule has 2 rings (SSSR count). The number of hydrogen-bond acceptors (Lipinski definition) is 6. The molecule has 0 saturated heterocycles. The molecule has 0 aliphatic rings. The third kappa shape index (κ3) is 3.14. The molecule has 0 aliphatic carbocycles. The molecule has 1 aromatic carbocycles. The van der Waals surface area contributed by atoms with Crippen molar-refractivity contribution < 1.29 is 9.53 Å². The van der Waals surface area contributed by atoms with E-state index in [4.69, 9.17) is 16.3 Å². The number of nitrogens with one attached hydrogen (secondary N) is 1. The summed E-state index contributed by atoms with van der Waals surface area (Å²) >= 11 is 6.92. The van der Waals surface area contributed by atoms with Crippen LogP contribution in [0.3, 0.4) is 0 Å². The van der Waals surface area contributed by atoms with Crippen LogP contribution in [0.1, 0.15) is 6.92 Å². The minimum absolute atomic E-state index is 0.328. The molecule has 1 atom stereocenters. The molecule has 1 N–H and O–H groups in total. The number of amides is 1. The van der Waals surface area contributed by atoms with Gasteiger partial charge in [0.15, 0.2) is 6.10 Å². The van der Waals surface area contributed by atoms with Crippen molar-refractivity contribution in [3.63, 3.8) is 0 Å². The third-order valence-electron chi connectivity index (χ3n) is 2.04. The van der Waals surface area contributed by atoms with Crippen molar-refractivity contribution in [1.29, 1.82) is 0 Å². The lowest BCUT2D eigenvalue weighted by atomic mass is 10.3. The van der Waals surface area contributed by atoms with E-state index in [9.17, 15) is 4.79 Å². The zero-order valence-electron chi connectivity index (χ0n) is 9.33. The second-order valence-corrected chi connectivity index (χ2v) is 4.49. The maximum atomic E-state index is 11.8. The minimum Gasteiger partial charge on any atom is -0.479 e. The molecule has 1 amide bonds. The lowest BCUT2D eigenvalue weighted by molar-refractivity contribution is -0.122. The fraction of sp³-hybridized carbons (Fsp3) is 0.200. The summed E-state index contributed by atoms with van der Waals surface area (Å²) < 4.78 is 8.98. The van der Waals surface area contributed by atoms with Gasteiger partial charge in [0.05, 0.1) is 5.02 Å². The first-order valence-electron chi connectivity index (χ1n) is 5.04. The van der Waals surface area contributed by atoms with Crippen molar-refractivity contribution in [1.82, 2.24) is 14.8 Å². The van der Waals surface area contributed by atoms with E-state index >= 15 is 0 Å². The Kier molecular flexibility index (Phi) is 4.06. The molecule has 0 bridgehead atoms. The van der Waals surface area contributed by atoms with E-state index in [2.05, 4.69) is 20.1 Å². The standard InChI is InChI=1S/C10H9ClN4O2S/c1-6(9(16)12-10-13-14-15-18-10)17-8-5-3-2-4-7(8)11/h2-6H,1H3,(H,12,13,15,16). The van der Waals surface area contributed by atoms with Crippen molar-refractivity contribution in [3.05, 3.63) is 29.3 Å². The zero-order valence-corrected chi connectivity index (χ0v) is 10.9. The molecule has 0 fully saturated rings. The highest BCUT2D eigenvalue weighted by Crippen LogP contribution is 2.24. The van der Waals surface area contributed by atoms with Gasteiger partial charge >= 0.3 is 0 Å². The highest BCUT2D eigenvalue weighted by atomic mass is 35.5. The zero-order chi connectivity index (χ0) is 13.0. The number of anilines is 1.